The molecule has 0 saturated carbocycles. The smallest absolute Gasteiger partial charge is 0.124 e. The molecule has 1 N–H and O–H groups in total. The fourth-order valence-corrected chi connectivity index (χ4v) is 1.89. The van der Waals surface area contributed by atoms with Crippen LogP contribution in [-0.2, 0) is 6.54 Å². The number of anilines is 1. The summed E-state index contributed by atoms with van der Waals surface area (Å²) in [5.41, 5.74) is 3.13. The van der Waals surface area contributed by atoms with Crippen molar-refractivity contribution in [3.05, 3.63) is 64.4 Å². The third-order valence-corrected chi connectivity index (χ3v) is 2.81. The van der Waals surface area contributed by atoms with Crippen LogP contribution in [0.5, 0.6) is 0 Å². The fraction of sp³-hybridized carbons (Fsp3) is 0.143. The fourth-order valence-electron chi connectivity index (χ4n) is 1.65. The maximum absolute atomic E-state index is 12.9. The summed E-state index contributed by atoms with van der Waals surface area (Å²) in [7, 11) is 0. The van der Waals surface area contributed by atoms with Crippen molar-refractivity contribution in [1.82, 2.24) is 0 Å². The molecule has 2 rings (SSSR count). The van der Waals surface area contributed by atoms with Gasteiger partial charge in [-0.05, 0) is 30.7 Å². The Morgan fingerprint density at radius 1 is 1.18 bits per heavy atom. The van der Waals surface area contributed by atoms with E-state index in [1.165, 1.54) is 23.3 Å². The van der Waals surface area contributed by atoms with Gasteiger partial charge in [0.15, 0.2) is 0 Å². The Labute approximate surface area is 105 Å². The Kier molecular flexibility index (Phi) is 3.64. The van der Waals surface area contributed by atoms with Crippen LogP contribution < -0.4 is 5.32 Å². The van der Waals surface area contributed by atoms with Crippen LogP contribution in [0, 0.1) is 12.7 Å². The maximum atomic E-state index is 12.9. The van der Waals surface area contributed by atoms with Gasteiger partial charge in [0, 0.05) is 6.54 Å². The molecule has 0 atom stereocenters. The van der Waals surface area contributed by atoms with Gasteiger partial charge >= 0.3 is 0 Å². The van der Waals surface area contributed by atoms with E-state index >= 15 is 0 Å². The highest BCUT2D eigenvalue weighted by Gasteiger charge is 2.01. The van der Waals surface area contributed by atoms with Gasteiger partial charge in [0.2, 0.25) is 0 Å². The molecule has 0 radical (unpaired) electrons. The van der Waals surface area contributed by atoms with Crippen molar-refractivity contribution in [1.29, 1.82) is 0 Å². The molecule has 17 heavy (non-hydrogen) atoms. The lowest BCUT2D eigenvalue weighted by Crippen LogP contribution is -2.00. The average Bonchev–Trinajstić information content (AvgIpc) is 2.28. The largest absolute Gasteiger partial charge is 0.380 e. The van der Waals surface area contributed by atoms with Crippen LogP contribution in [0.2, 0.25) is 5.02 Å². The van der Waals surface area contributed by atoms with Crippen molar-refractivity contribution in [2.75, 3.05) is 5.32 Å². The molecule has 0 unspecified atom stereocenters. The summed E-state index contributed by atoms with van der Waals surface area (Å²) in [4.78, 5) is 0. The number of hydrogen-bond donors (Lipinski definition) is 1. The van der Waals surface area contributed by atoms with Crippen molar-refractivity contribution in [2.24, 2.45) is 0 Å². The van der Waals surface area contributed by atoms with Crippen molar-refractivity contribution >= 4 is 17.3 Å². The summed E-state index contributed by atoms with van der Waals surface area (Å²) < 4.78 is 12.9. The van der Waals surface area contributed by atoms with Gasteiger partial charge in [-0.2, -0.15) is 0 Å². The number of benzene rings is 2. The number of nitrogens with one attached hydrogen (secondary N) is 1. The summed E-state index contributed by atoms with van der Waals surface area (Å²) >= 11 is 5.92. The lowest BCUT2D eigenvalue weighted by atomic mass is 10.1. The third-order valence-electron chi connectivity index (χ3n) is 2.50. The number of hydrogen-bond acceptors (Lipinski definition) is 1. The van der Waals surface area contributed by atoms with Crippen molar-refractivity contribution < 1.29 is 4.39 Å². The van der Waals surface area contributed by atoms with Crippen molar-refractivity contribution in [3.63, 3.8) is 0 Å². The molecule has 1 nitrogen and oxygen atoms in total. The van der Waals surface area contributed by atoms with Crippen LogP contribution in [0.3, 0.4) is 0 Å². The first-order valence-electron chi connectivity index (χ1n) is 5.39. The Balaban J connectivity index is 2.07. The first-order valence-corrected chi connectivity index (χ1v) is 5.77. The average molecular weight is 250 g/mol. The Hall–Kier alpha value is -1.54. The zero-order chi connectivity index (χ0) is 12.3. The summed E-state index contributed by atoms with van der Waals surface area (Å²) in [6.07, 6.45) is 0. The van der Waals surface area contributed by atoms with E-state index in [-0.39, 0.29) is 5.82 Å². The molecule has 0 aliphatic heterocycles. The molecule has 0 aromatic heterocycles. The predicted molar refractivity (Wildman–Crippen MR) is 69.9 cm³/mol. The van der Waals surface area contributed by atoms with E-state index < -0.39 is 0 Å². The monoisotopic (exact) mass is 249 g/mol. The topological polar surface area (TPSA) is 12.0 Å². The van der Waals surface area contributed by atoms with E-state index in [1.807, 2.05) is 25.1 Å². The highest BCUT2D eigenvalue weighted by molar-refractivity contribution is 6.33. The first-order chi connectivity index (χ1) is 8.15. The molecule has 0 aliphatic rings. The van der Waals surface area contributed by atoms with Gasteiger partial charge in [-0.1, -0.05) is 41.4 Å². The molecule has 0 aliphatic carbocycles. The minimum atomic E-state index is -0.323. The molecule has 2 aromatic carbocycles. The molecular weight excluding hydrogens is 237 g/mol. The van der Waals surface area contributed by atoms with Gasteiger partial charge in [-0.15, -0.1) is 0 Å². The van der Waals surface area contributed by atoms with Gasteiger partial charge in [0.25, 0.3) is 0 Å². The minimum absolute atomic E-state index is 0.323. The van der Waals surface area contributed by atoms with Gasteiger partial charge < -0.3 is 5.32 Å². The standard InChI is InChI=1S/C14H13ClFN/c1-10-3-2-4-11(7-10)9-17-14-6-5-12(16)8-13(14)15/h2-8,17H,9H2,1H3. The SMILES string of the molecule is Cc1cccc(CNc2ccc(F)cc2Cl)c1. The molecule has 3 heteroatoms. The maximum Gasteiger partial charge on any atom is 0.124 e. The van der Waals surface area contributed by atoms with Crippen LogP contribution >= 0.6 is 11.6 Å². The lowest BCUT2D eigenvalue weighted by Gasteiger charge is -2.08. The normalized spacial score (nSPS) is 10.3. The zero-order valence-corrected chi connectivity index (χ0v) is 10.3. The van der Waals surface area contributed by atoms with Crippen LogP contribution in [-0.4, -0.2) is 0 Å². The number of aryl methyl sites for hydroxylation is 1. The van der Waals surface area contributed by atoms with E-state index in [0.717, 1.165) is 5.69 Å². The molecular formula is C14H13ClFN. The molecule has 88 valence electrons. The third kappa shape index (κ3) is 3.21. The molecule has 0 saturated heterocycles. The highest BCUT2D eigenvalue weighted by atomic mass is 35.5. The summed E-state index contributed by atoms with van der Waals surface area (Å²) in [5, 5.41) is 3.59. The van der Waals surface area contributed by atoms with Gasteiger partial charge in [0.1, 0.15) is 5.82 Å². The summed E-state index contributed by atoms with van der Waals surface area (Å²) in [5.74, 6) is -0.323. The van der Waals surface area contributed by atoms with Crippen LogP contribution in [0.4, 0.5) is 10.1 Å². The number of rotatable bonds is 3. The van der Waals surface area contributed by atoms with E-state index in [2.05, 4.69) is 11.4 Å². The summed E-state index contributed by atoms with van der Waals surface area (Å²) in [6.45, 7) is 2.72. The van der Waals surface area contributed by atoms with Crippen LogP contribution in [0.1, 0.15) is 11.1 Å². The zero-order valence-electron chi connectivity index (χ0n) is 9.50. The van der Waals surface area contributed by atoms with Gasteiger partial charge in [-0.3, -0.25) is 0 Å². The predicted octanol–water partition coefficient (Wildman–Crippen LogP) is 4.40. The second-order valence-electron chi connectivity index (χ2n) is 3.97. The van der Waals surface area contributed by atoms with Crippen LogP contribution in [0.15, 0.2) is 42.5 Å². The van der Waals surface area contributed by atoms with E-state index in [9.17, 15) is 4.39 Å². The van der Waals surface area contributed by atoms with E-state index in [4.69, 9.17) is 11.6 Å². The summed E-state index contributed by atoms with van der Waals surface area (Å²) in [6, 6.07) is 12.5. The lowest BCUT2D eigenvalue weighted by molar-refractivity contribution is 0.628. The quantitative estimate of drug-likeness (QED) is 0.850. The van der Waals surface area contributed by atoms with E-state index in [1.54, 1.807) is 6.07 Å². The minimum Gasteiger partial charge on any atom is -0.380 e. The number of halogens is 2. The van der Waals surface area contributed by atoms with Gasteiger partial charge in [-0.25, -0.2) is 4.39 Å². The Bertz CT molecular complexity index is 525. The molecule has 0 amide bonds. The molecule has 0 fully saturated rings. The molecule has 2 aromatic rings. The Morgan fingerprint density at radius 2 is 2.00 bits per heavy atom. The molecule has 0 bridgehead atoms. The molecule has 0 spiro atoms. The van der Waals surface area contributed by atoms with E-state index in [0.29, 0.717) is 11.6 Å². The molecule has 0 heterocycles. The van der Waals surface area contributed by atoms with Crippen molar-refractivity contribution in [2.45, 2.75) is 13.5 Å². The van der Waals surface area contributed by atoms with Crippen LogP contribution in [0.25, 0.3) is 0 Å². The second-order valence-corrected chi connectivity index (χ2v) is 4.37. The Morgan fingerprint density at radius 3 is 2.71 bits per heavy atom. The van der Waals surface area contributed by atoms with Crippen molar-refractivity contribution in [3.8, 4) is 0 Å². The second kappa shape index (κ2) is 5.19. The van der Waals surface area contributed by atoms with Gasteiger partial charge in [0.05, 0.1) is 10.7 Å². The highest BCUT2D eigenvalue weighted by Crippen LogP contribution is 2.23. The first kappa shape index (κ1) is 11.9.